The Balaban J connectivity index is 1.66. The van der Waals surface area contributed by atoms with Gasteiger partial charge in [0.25, 0.3) is 5.91 Å². The molecule has 2 aromatic carbocycles. The number of rotatable bonds is 7. The minimum atomic E-state index is -4.98. The van der Waals surface area contributed by atoms with Crippen LogP contribution in [0.1, 0.15) is 19.4 Å². The van der Waals surface area contributed by atoms with Gasteiger partial charge >= 0.3 is 6.18 Å². The predicted molar refractivity (Wildman–Crippen MR) is 149 cm³/mol. The number of hydrogen-bond acceptors (Lipinski definition) is 7. The van der Waals surface area contributed by atoms with Gasteiger partial charge in [-0.25, -0.2) is 19.6 Å². The first kappa shape index (κ1) is 28.6. The highest BCUT2D eigenvalue weighted by Crippen LogP contribution is 2.33. The molecule has 0 spiro atoms. The first-order valence-corrected chi connectivity index (χ1v) is 12.4. The summed E-state index contributed by atoms with van der Waals surface area (Å²) in [6.07, 6.45) is -3.11. The van der Waals surface area contributed by atoms with Crippen LogP contribution in [0, 0.1) is 6.92 Å². The van der Waals surface area contributed by atoms with Crippen LogP contribution in [0.2, 0.25) is 5.02 Å². The topological polar surface area (TPSA) is 137 Å². The number of anilines is 1. The van der Waals surface area contributed by atoms with Crippen molar-refractivity contribution in [3.63, 3.8) is 0 Å². The number of hydrogen-bond donors (Lipinski definition) is 3. The summed E-state index contributed by atoms with van der Waals surface area (Å²) in [5.41, 5.74) is 11.1. The number of alkyl halides is 3. The van der Waals surface area contributed by atoms with Gasteiger partial charge in [0.05, 0.1) is 22.2 Å². The molecule has 0 bridgehead atoms. The van der Waals surface area contributed by atoms with E-state index < -0.39 is 28.9 Å². The summed E-state index contributed by atoms with van der Waals surface area (Å²) in [7, 11) is 0. The zero-order valence-electron chi connectivity index (χ0n) is 21.8. The van der Waals surface area contributed by atoms with Crippen LogP contribution in [-0.4, -0.2) is 44.1 Å². The summed E-state index contributed by atoms with van der Waals surface area (Å²) < 4.78 is 43.5. The van der Waals surface area contributed by atoms with E-state index in [1.54, 1.807) is 18.5 Å². The minimum Gasteiger partial charge on any atom is -0.404 e. The van der Waals surface area contributed by atoms with Gasteiger partial charge in [0.15, 0.2) is 11.4 Å². The number of nitrogens with zero attached hydrogens (tertiary/aromatic N) is 5. The Hall–Kier alpha value is -4.45. The molecule has 9 nitrogen and oxygen atoms in total. The molecular formula is C27H26ClF3N8O. The minimum absolute atomic E-state index is 0.0868. The van der Waals surface area contributed by atoms with Crippen molar-refractivity contribution in [2.45, 2.75) is 32.5 Å². The smallest absolute Gasteiger partial charge is 0.404 e. The molecule has 0 saturated carbocycles. The van der Waals surface area contributed by atoms with Gasteiger partial charge in [0.2, 0.25) is 0 Å². The van der Waals surface area contributed by atoms with Crippen LogP contribution in [0.25, 0.3) is 22.3 Å². The lowest BCUT2D eigenvalue weighted by atomic mass is 10.0. The molecule has 0 aliphatic carbocycles. The van der Waals surface area contributed by atoms with Gasteiger partial charge in [-0.3, -0.25) is 4.79 Å². The number of aromatic nitrogens is 4. The van der Waals surface area contributed by atoms with Crippen LogP contribution >= 0.6 is 11.6 Å². The van der Waals surface area contributed by atoms with Gasteiger partial charge in [-0.15, -0.1) is 0 Å². The molecule has 208 valence electrons. The first-order chi connectivity index (χ1) is 18.8. The van der Waals surface area contributed by atoms with E-state index in [1.165, 1.54) is 30.6 Å². The van der Waals surface area contributed by atoms with E-state index in [1.807, 2.05) is 31.2 Å². The largest absolute Gasteiger partial charge is 0.434 e. The molecule has 0 aliphatic heterocycles. The van der Waals surface area contributed by atoms with Crippen molar-refractivity contribution < 1.29 is 18.0 Å². The normalized spacial score (nSPS) is 13.1. The molecule has 2 heterocycles. The highest BCUT2D eigenvalue weighted by atomic mass is 35.5. The third-order valence-corrected chi connectivity index (χ3v) is 6.29. The van der Waals surface area contributed by atoms with E-state index in [-0.39, 0.29) is 23.1 Å². The van der Waals surface area contributed by atoms with Gasteiger partial charge in [0.1, 0.15) is 17.8 Å². The molecule has 13 heteroatoms. The van der Waals surface area contributed by atoms with E-state index in [4.69, 9.17) is 28.2 Å². The average molecular weight is 571 g/mol. The fraction of sp³-hybridized carbons (Fsp3) is 0.222. The standard InChI is InChI=1S/C27H26ClF3N8O/c1-15-7-9-16(10-8-15)21-20-23(33)35-14-36-24(20)39(38-21)26(2,3)13-34-25(40)19(12-32)22(27(29,30)31)37-18-6-4-5-17(28)11-18/h4-12,14H,13,32H2,1-3H3,(H,34,40)(H2,33,35,36). The molecule has 2 aromatic heterocycles. The van der Waals surface area contributed by atoms with Crippen molar-refractivity contribution in [3.05, 3.63) is 77.2 Å². The van der Waals surface area contributed by atoms with E-state index in [0.29, 0.717) is 22.9 Å². The predicted octanol–water partition coefficient (Wildman–Crippen LogP) is 5.07. The first-order valence-electron chi connectivity index (χ1n) is 12.0. The van der Waals surface area contributed by atoms with E-state index in [2.05, 4.69) is 20.3 Å². The van der Waals surface area contributed by atoms with Crippen molar-refractivity contribution in [3.8, 4) is 11.3 Å². The monoisotopic (exact) mass is 570 g/mol. The average Bonchev–Trinajstić information content (AvgIpc) is 3.29. The van der Waals surface area contributed by atoms with E-state index in [9.17, 15) is 18.0 Å². The summed E-state index contributed by atoms with van der Waals surface area (Å²) in [4.78, 5) is 25.1. The van der Waals surface area contributed by atoms with Crippen LogP contribution in [0.3, 0.4) is 0 Å². The maximum absolute atomic E-state index is 14.0. The molecule has 0 radical (unpaired) electrons. The highest BCUT2D eigenvalue weighted by Gasteiger charge is 2.41. The third kappa shape index (κ3) is 5.91. The third-order valence-electron chi connectivity index (χ3n) is 6.06. The lowest BCUT2D eigenvalue weighted by molar-refractivity contribution is -0.118. The Kier molecular flexibility index (Phi) is 7.83. The van der Waals surface area contributed by atoms with Crippen molar-refractivity contribution in [2.24, 2.45) is 10.7 Å². The van der Waals surface area contributed by atoms with Crippen molar-refractivity contribution in [2.75, 3.05) is 12.3 Å². The Morgan fingerprint density at radius 3 is 2.48 bits per heavy atom. The second kappa shape index (κ2) is 11.0. The number of nitrogen functional groups attached to an aromatic ring is 1. The van der Waals surface area contributed by atoms with Crippen molar-refractivity contribution in [1.29, 1.82) is 0 Å². The zero-order chi connectivity index (χ0) is 29.2. The molecule has 4 aromatic rings. The fourth-order valence-electron chi connectivity index (χ4n) is 3.99. The summed E-state index contributed by atoms with van der Waals surface area (Å²) in [6.45, 7) is 5.30. The molecule has 4 rings (SSSR count). The highest BCUT2D eigenvalue weighted by molar-refractivity contribution is 6.31. The molecule has 0 atom stereocenters. The molecule has 0 fully saturated rings. The number of fused-ring (bicyclic) bond motifs is 1. The number of carbonyl (C=O) groups excluding carboxylic acids is 1. The Morgan fingerprint density at radius 1 is 1.15 bits per heavy atom. The van der Waals surface area contributed by atoms with Crippen molar-refractivity contribution in [1.82, 2.24) is 25.1 Å². The number of amides is 1. The zero-order valence-corrected chi connectivity index (χ0v) is 22.5. The van der Waals surface area contributed by atoms with Gasteiger partial charge in [-0.1, -0.05) is 47.5 Å². The van der Waals surface area contributed by atoms with Gasteiger partial charge < -0.3 is 16.8 Å². The fourth-order valence-corrected chi connectivity index (χ4v) is 4.17. The van der Waals surface area contributed by atoms with Crippen LogP contribution in [0.4, 0.5) is 24.7 Å². The Morgan fingerprint density at radius 2 is 1.85 bits per heavy atom. The van der Waals surface area contributed by atoms with Crippen LogP contribution in [-0.2, 0) is 10.3 Å². The van der Waals surface area contributed by atoms with Gasteiger partial charge in [0, 0.05) is 23.3 Å². The molecule has 0 saturated heterocycles. The van der Waals surface area contributed by atoms with Gasteiger partial charge in [-0.05, 0) is 39.0 Å². The second-order valence-electron chi connectivity index (χ2n) is 9.60. The quantitative estimate of drug-likeness (QED) is 0.210. The lowest BCUT2D eigenvalue weighted by Crippen LogP contribution is -2.44. The van der Waals surface area contributed by atoms with E-state index in [0.717, 1.165) is 11.1 Å². The number of nitrogens with one attached hydrogen (secondary N) is 1. The van der Waals surface area contributed by atoms with Crippen LogP contribution in [0.15, 0.2) is 71.6 Å². The molecule has 1 amide bonds. The lowest BCUT2D eigenvalue weighted by Gasteiger charge is -2.26. The molecule has 0 unspecified atom stereocenters. The summed E-state index contributed by atoms with van der Waals surface area (Å²) >= 11 is 5.88. The summed E-state index contributed by atoms with van der Waals surface area (Å²) in [5, 5.41) is 7.96. The molecule has 0 aliphatic rings. The van der Waals surface area contributed by atoms with E-state index >= 15 is 0 Å². The SMILES string of the molecule is Cc1ccc(-c2nn(C(C)(C)CNC(=O)C(=CN)C(=Nc3cccc(Cl)c3)C(F)(F)F)c3ncnc(N)c23)cc1. The number of nitrogens with two attached hydrogens (primary N) is 2. The number of halogens is 4. The Bertz CT molecular complexity index is 1630. The summed E-state index contributed by atoms with van der Waals surface area (Å²) in [6, 6.07) is 13.1. The van der Waals surface area contributed by atoms with Crippen LogP contribution < -0.4 is 16.8 Å². The van der Waals surface area contributed by atoms with Crippen molar-refractivity contribution >= 4 is 45.8 Å². The number of aryl methyl sites for hydroxylation is 1. The molecule has 40 heavy (non-hydrogen) atoms. The number of benzene rings is 2. The maximum atomic E-state index is 14.0. The molecule has 5 N–H and O–H groups in total. The molecular weight excluding hydrogens is 545 g/mol. The maximum Gasteiger partial charge on any atom is 0.434 e. The summed E-state index contributed by atoms with van der Waals surface area (Å²) in [5.74, 6) is -0.856. The second-order valence-corrected chi connectivity index (χ2v) is 10.0. The van der Waals surface area contributed by atoms with Crippen LogP contribution in [0.5, 0.6) is 0 Å². The number of carbonyl (C=O) groups is 1. The number of aliphatic imine (C=N–C) groups is 1. The Labute approximate surface area is 232 Å². The van der Waals surface area contributed by atoms with Gasteiger partial charge in [-0.2, -0.15) is 18.3 Å².